The topological polar surface area (TPSA) is 54.0 Å². The molecular weight excluding hydrogens is 349 g/mol. The number of nitrogens with one attached hydrogen (secondary N) is 1. The number of hydrogen-bond acceptors (Lipinski definition) is 4. The number of rotatable bonds is 3. The Bertz CT molecular complexity index is 809. The molecule has 0 aromatic heterocycles. The normalized spacial score (nSPS) is 18.9. The van der Waals surface area contributed by atoms with E-state index < -0.39 is 0 Å². The second-order valence-electron chi connectivity index (χ2n) is 6.61. The number of benzene rings is 2. The lowest BCUT2D eigenvalue weighted by Gasteiger charge is -2.36. The number of fused-ring (bicyclic) bond motifs is 1. The molecule has 0 aliphatic carbocycles. The molecule has 1 fully saturated rings. The molecule has 7 heteroatoms. The highest BCUT2D eigenvalue weighted by molar-refractivity contribution is 5.74. The highest BCUT2D eigenvalue weighted by atomic mass is 19.1. The lowest BCUT2D eigenvalue weighted by Crippen LogP contribution is -2.53. The minimum atomic E-state index is -0.231. The summed E-state index contributed by atoms with van der Waals surface area (Å²) in [4.78, 5) is 16.1. The van der Waals surface area contributed by atoms with Crippen LogP contribution in [0.25, 0.3) is 0 Å². The molecule has 2 aliphatic heterocycles. The van der Waals surface area contributed by atoms with Crippen molar-refractivity contribution < 1.29 is 18.7 Å². The number of carbonyl (C=O) groups is 1. The molecule has 2 aromatic rings. The number of halogens is 1. The predicted octanol–water partition coefficient (Wildman–Crippen LogP) is 2.50. The van der Waals surface area contributed by atoms with Crippen molar-refractivity contribution in [2.45, 2.75) is 6.10 Å². The average molecular weight is 371 g/mol. The third kappa shape index (κ3) is 3.92. The minimum absolute atomic E-state index is 0.134. The van der Waals surface area contributed by atoms with Gasteiger partial charge in [-0.1, -0.05) is 24.3 Å². The molecule has 2 aliphatic rings. The highest BCUT2D eigenvalue weighted by Crippen LogP contribution is 2.30. The number of carbonyl (C=O) groups excluding carboxylic acids is 1. The molecule has 0 radical (unpaired) electrons. The molecule has 1 unspecified atom stereocenters. The Kier molecular flexibility index (Phi) is 5.00. The van der Waals surface area contributed by atoms with Crippen molar-refractivity contribution in [3.8, 4) is 11.5 Å². The van der Waals surface area contributed by atoms with E-state index in [1.54, 1.807) is 17.0 Å². The molecule has 0 saturated carbocycles. The van der Waals surface area contributed by atoms with Crippen molar-refractivity contribution in [3.63, 3.8) is 0 Å². The van der Waals surface area contributed by atoms with Gasteiger partial charge in [0, 0.05) is 26.2 Å². The van der Waals surface area contributed by atoms with Gasteiger partial charge in [-0.3, -0.25) is 0 Å². The van der Waals surface area contributed by atoms with Gasteiger partial charge in [0.1, 0.15) is 12.4 Å². The largest absolute Gasteiger partial charge is 0.486 e. The van der Waals surface area contributed by atoms with Gasteiger partial charge in [-0.2, -0.15) is 0 Å². The van der Waals surface area contributed by atoms with Crippen LogP contribution in [-0.2, 0) is 0 Å². The summed E-state index contributed by atoms with van der Waals surface area (Å²) >= 11 is 0. The van der Waals surface area contributed by atoms with Crippen molar-refractivity contribution >= 4 is 11.7 Å². The van der Waals surface area contributed by atoms with Gasteiger partial charge in [-0.25, -0.2) is 9.18 Å². The Morgan fingerprint density at radius 2 is 1.74 bits per heavy atom. The molecule has 1 saturated heterocycles. The van der Waals surface area contributed by atoms with Crippen LogP contribution in [0.2, 0.25) is 0 Å². The van der Waals surface area contributed by atoms with Crippen molar-refractivity contribution in [1.29, 1.82) is 0 Å². The summed E-state index contributed by atoms with van der Waals surface area (Å²) in [7, 11) is 0. The zero-order valence-corrected chi connectivity index (χ0v) is 14.9. The molecule has 27 heavy (non-hydrogen) atoms. The van der Waals surface area contributed by atoms with Gasteiger partial charge in [0.05, 0.1) is 12.2 Å². The van der Waals surface area contributed by atoms with Crippen LogP contribution >= 0.6 is 0 Å². The van der Waals surface area contributed by atoms with Crippen molar-refractivity contribution in [1.82, 2.24) is 10.2 Å². The maximum atomic E-state index is 13.9. The molecule has 1 atom stereocenters. The first kappa shape index (κ1) is 17.5. The third-order valence-electron chi connectivity index (χ3n) is 4.81. The first-order chi connectivity index (χ1) is 13.2. The Morgan fingerprint density at radius 1 is 1.04 bits per heavy atom. The fourth-order valence-corrected chi connectivity index (χ4v) is 3.34. The smallest absolute Gasteiger partial charge is 0.317 e. The van der Waals surface area contributed by atoms with Crippen LogP contribution < -0.4 is 19.7 Å². The lowest BCUT2D eigenvalue weighted by atomic mass is 10.2. The summed E-state index contributed by atoms with van der Waals surface area (Å²) in [6.45, 7) is 3.07. The fourth-order valence-electron chi connectivity index (χ4n) is 3.34. The third-order valence-corrected chi connectivity index (χ3v) is 4.81. The van der Waals surface area contributed by atoms with Gasteiger partial charge in [0.25, 0.3) is 0 Å². The predicted molar refractivity (Wildman–Crippen MR) is 99.9 cm³/mol. The van der Waals surface area contributed by atoms with Crippen LogP contribution in [0, 0.1) is 5.82 Å². The number of hydrogen-bond donors (Lipinski definition) is 1. The molecule has 2 aromatic carbocycles. The quantitative estimate of drug-likeness (QED) is 0.901. The molecular formula is C20H22FN3O3. The summed E-state index contributed by atoms with van der Waals surface area (Å²) < 4.78 is 25.4. The zero-order chi connectivity index (χ0) is 18.6. The standard InChI is InChI=1S/C20H22FN3O3/c21-16-5-1-2-6-17(16)23-9-11-24(12-10-23)20(25)22-13-15-14-26-18-7-3-4-8-19(18)27-15/h1-8,15H,9-14H2,(H,22,25). The first-order valence-corrected chi connectivity index (χ1v) is 9.11. The zero-order valence-electron chi connectivity index (χ0n) is 14.9. The summed E-state index contributed by atoms with van der Waals surface area (Å²) in [6, 6.07) is 14.1. The van der Waals surface area contributed by atoms with Crippen LogP contribution in [-0.4, -0.2) is 56.4 Å². The van der Waals surface area contributed by atoms with E-state index in [0.29, 0.717) is 50.8 Å². The van der Waals surface area contributed by atoms with Gasteiger partial charge in [0.15, 0.2) is 17.6 Å². The number of urea groups is 1. The van der Waals surface area contributed by atoms with Crippen molar-refractivity contribution in [3.05, 3.63) is 54.3 Å². The molecule has 0 spiro atoms. The molecule has 0 bridgehead atoms. The fraction of sp³-hybridized carbons (Fsp3) is 0.350. The summed E-state index contributed by atoms with van der Waals surface area (Å²) in [5.41, 5.74) is 0.587. The molecule has 2 amide bonds. The summed E-state index contributed by atoms with van der Waals surface area (Å²) in [5.74, 6) is 1.19. The summed E-state index contributed by atoms with van der Waals surface area (Å²) in [5, 5.41) is 2.91. The van der Waals surface area contributed by atoms with Gasteiger partial charge in [0.2, 0.25) is 0 Å². The van der Waals surface area contributed by atoms with E-state index in [9.17, 15) is 9.18 Å². The average Bonchev–Trinajstić information content (AvgIpc) is 2.72. The molecule has 142 valence electrons. The number of nitrogens with zero attached hydrogens (tertiary/aromatic N) is 2. The van der Waals surface area contributed by atoms with Gasteiger partial charge >= 0.3 is 6.03 Å². The van der Waals surface area contributed by atoms with Crippen LogP contribution in [0.5, 0.6) is 11.5 Å². The van der Waals surface area contributed by atoms with Crippen LogP contribution in [0.1, 0.15) is 0 Å². The van der Waals surface area contributed by atoms with E-state index in [2.05, 4.69) is 5.32 Å². The molecule has 4 rings (SSSR count). The Hall–Kier alpha value is -2.96. The van der Waals surface area contributed by atoms with Crippen molar-refractivity contribution in [2.75, 3.05) is 44.2 Å². The van der Waals surface area contributed by atoms with Crippen molar-refractivity contribution in [2.24, 2.45) is 0 Å². The van der Waals surface area contributed by atoms with E-state index in [1.807, 2.05) is 35.2 Å². The van der Waals surface area contributed by atoms with Gasteiger partial charge in [-0.05, 0) is 24.3 Å². The van der Waals surface area contributed by atoms with Crippen LogP contribution in [0.15, 0.2) is 48.5 Å². The molecule has 2 heterocycles. The Morgan fingerprint density at radius 3 is 2.52 bits per heavy atom. The number of para-hydroxylation sites is 3. The monoisotopic (exact) mass is 371 g/mol. The molecule has 1 N–H and O–H groups in total. The van der Waals surface area contributed by atoms with E-state index >= 15 is 0 Å². The van der Waals surface area contributed by atoms with Gasteiger partial charge < -0.3 is 24.6 Å². The second-order valence-corrected chi connectivity index (χ2v) is 6.61. The highest BCUT2D eigenvalue weighted by Gasteiger charge is 2.25. The Labute approximate surface area is 157 Å². The van der Waals surface area contributed by atoms with E-state index in [4.69, 9.17) is 9.47 Å². The maximum absolute atomic E-state index is 13.9. The van der Waals surface area contributed by atoms with E-state index in [-0.39, 0.29) is 18.0 Å². The van der Waals surface area contributed by atoms with E-state index in [0.717, 1.165) is 5.75 Å². The maximum Gasteiger partial charge on any atom is 0.317 e. The number of amides is 2. The van der Waals surface area contributed by atoms with Gasteiger partial charge in [-0.15, -0.1) is 0 Å². The Balaban J connectivity index is 1.25. The van der Waals surface area contributed by atoms with Crippen LogP contribution in [0.4, 0.5) is 14.9 Å². The SMILES string of the molecule is O=C(NCC1COc2ccccc2O1)N1CCN(c2ccccc2F)CC1. The lowest BCUT2D eigenvalue weighted by molar-refractivity contribution is 0.0900. The number of ether oxygens (including phenoxy) is 2. The van der Waals surface area contributed by atoms with E-state index in [1.165, 1.54) is 6.07 Å². The molecule has 6 nitrogen and oxygen atoms in total. The minimum Gasteiger partial charge on any atom is -0.486 e. The first-order valence-electron chi connectivity index (χ1n) is 9.11. The summed E-state index contributed by atoms with van der Waals surface area (Å²) in [6.07, 6.45) is -0.219. The second kappa shape index (κ2) is 7.73. The number of piperazine rings is 1. The number of anilines is 1. The van der Waals surface area contributed by atoms with Crippen LogP contribution in [0.3, 0.4) is 0 Å².